The van der Waals surface area contributed by atoms with Gasteiger partial charge in [0, 0.05) is 6.42 Å². The lowest BCUT2D eigenvalue weighted by Gasteiger charge is -2.04. The highest BCUT2D eigenvalue weighted by molar-refractivity contribution is 5.90. The second-order valence-electron chi connectivity index (χ2n) is 3.86. The molecule has 0 saturated heterocycles. The quantitative estimate of drug-likeness (QED) is 0.777. The second kappa shape index (κ2) is 5.97. The first kappa shape index (κ1) is 12.3. The van der Waals surface area contributed by atoms with Gasteiger partial charge in [0.1, 0.15) is 12.2 Å². The number of carbonyl (C=O) groups is 1. The number of H-pyrrole nitrogens is 1. The smallest absolute Gasteiger partial charge is 0.341 e. The number of hydrogen-bond acceptors (Lipinski definition) is 4. The summed E-state index contributed by atoms with van der Waals surface area (Å²) in [6.45, 7) is 0.716. The van der Waals surface area contributed by atoms with E-state index < -0.39 is 0 Å². The lowest BCUT2D eigenvalue weighted by molar-refractivity contribution is 0.0471. The maximum atomic E-state index is 11.9. The molecule has 2 rings (SSSR count). The van der Waals surface area contributed by atoms with Crippen molar-refractivity contribution < 1.29 is 9.53 Å². The molecule has 1 aromatic heterocycles. The molecule has 0 amide bonds. The number of rotatable bonds is 5. The standard InChI is InChI=1S/C13H15N3O2/c14-7-6-12-11(8-15-16-12)13(17)18-9-10-4-2-1-3-5-10/h1-5,8H,6-7,9,14H2,(H,15,16). The van der Waals surface area contributed by atoms with Crippen molar-refractivity contribution in [2.45, 2.75) is 13.0 Å². The maximum Gasteiger partial charge on any atom is 0.341 e. The molecule has 3 N–H and O–H groups in total. The third-order valence-corrected chi connectivity index (χ3v) is 2.55. The highest BCUT2D eigenvalue weighted by atomic mass is 16.5. The van der Waals surface area contributed by atoms with Crippen LogP contribution in [0.1, 0.15) is 21.6 Å². The van der Waals surface area contributed by atoms with Gasteiger partial charge in [0.05, 0.1) is 11.9 Å². The first-order valence-electron chi connectivity index (χ1n) is 5.74. The Balaban J connectivity index is 1.97. The molecule has 1 aromatic carbocycles. The molecule has 0 unspecified atom stereocenters. The lowest BCUT2D eigenvalue weighted by Crippen LogP contribution is -2.10. The first-order valence-corrected chi connectivity index (χ1v) is 5.74. The van der Waals surface area contributed by atoms with Gasteiger partial charge in [-0.3, -0.25) is 5.10 Å². The van der Waals surface area contributed by atoms with Crippen LogP contribution >= 0.6 is 0 Å². The summed E-state index contributed by atoms with van der Waals surface area (Å²) in [4.78, 5) is 11.9. The van der Waals surface area contributed by atoms with E-state index in [1.807, 2.05) is 30.3 Å². The van der Waals surface area contributed by atoms with Gasteiger partial charge >= 0.3 is 5.97 Å². The normalized spacial score (nSPS) is 10.3. The molecule has 0 saturated carbocycles. The summed E-state index contributed by atoms with van der Waals surface area (Å²) in [5.41, 5.74) is 7.58. The predicted molar refractivity (Wildman–Crippen MR) is 66.9 cm³/mol. The summed E-state index contributed by atoms with van der Waals surface area (Å²) in [5.74, 6) is -0.379. The van der Waals surface area contributed by atoms with Crippen molar-refractivity contribution in [1.29, 1.82) is 0 Å². The summed E-state index contributed by atoms with van der Waals surface area (Å²) in [5, 5.41) is 6.59. The fourth-order valence-corrected chi connectivity index (χ4v) is 1.62. The average Bonchev–Trinajstić information content (AvgIpc) is 2.86. The van der Waals surface area contributed by atoms with Gasteiger partial charge in [-0.15, -0.1) is 0 Å². The molecule has 0 radical (unpaired) electrons. The van der Waals surface area contributed by atoms with Crippen molar-refractivity contribution in [3.8, 4) is 0 Å². The number of aromatic amines is 1. The van der Waals surface area contributed by atoms with E-state index in [1.165, 1.54) is 6.20 Å². The Morgan fingerprint density at radius 3 is 2.83 bits per heavy atom. The Morgan fingerprint density at radius 1 is 1.33 bits per heavy atom. The van der Waals surface area contributed by atoms with E-state index in [4.69, 9.17) is 10.5 Å². The number of esters is 1. The van der Waals surface area contributed by atoms with Gasteiger partial charge in [-0.1, -0.05) is 30.3 Å². The van der Waals surface area contributed by atoms with E-state index in [0.29, 0.717) is 18.5 Å². The molecule has 2 aromatic rings. The average molecular weight is 245 g/mol. The predicted octanol–water partition coefficient (Wildman–Crippen LogP) is 1.27. The number of carbonyl (C=O) groups excluding carboxylic acids is 1. The molecule has 0 aliphatic heterocycles. The van der Waals surface area contributed by atoms with E-state index in [1.54, 1.807) is 0 Å². The molecule has 0 aliphatic rings. The van der Waals surface area contributed by atoms with E-state index in [2.05, 4.69) is 10.2 Å². The zero-order chi connectivity index (χ0) is 12.8. The molecule has 0 atom stereocenters. The number of nitrogens with zero attached hydrogens (tertiary/aromatic N) is 1. The van der Waals surface area contributed by atoms with Crippen LogP contribution in [0.25, 0.3) is 0 Å². The minimum Gasteiger partial charge on any atom is -0.457 e. The van der Waals surface area contributed by atoms with Gasteiger partial charge in [-0.25, -0.2) is 4.79 Å². The second-order valence-corrected chi connectivity index (χ2v) is 3.86. The van der Waals surface area contributed by atoms with Crippen LogP contribution in [0, 0.1) is 0 Å². The number of nitrogens with one attached hydrogen (secondary N) is 1. The summed E-state index contributed by atoms with van der Waals surface area (Å²) in [6.07, 6.45) is 2.05. The third kappa shape index (κ3) is 2.95. The number of hydrogen-bond donors (Lipinski definition) is 2. The number of ether oxygens (including phenoxy) is 1. The minimum atomic E-state index is -0.379. The molecule has 0 spiro atoms. The van der Waals surface area contributed by atoms with Crippen molar-refractivity contribution in [2.24, 2.45) is 5.73 Å². The molecular formula is C13H15N3O2. The first-order chi connectivity index (χ1) is 8.81. The Morgan fingerprint density at radius 2 is 2.11 bits per heavy atom. The topological polar surface area (TPSA) is 81.0 Å². The Kier molecular flexibility index (Phi) is 4.09. The number of nitrogens with two attached hydrogens (primary N) is 1. The lowest BCUT2D eigenvalue weighted by atomic mass is 10.2. The van der Waals surface area contributed by atoms with Crippen molar-refractivity contribution in [1.82, 2.24) is 10.2 Å². The number of aromatic nitrogens is 2. The third-order valence-electron chi connectivity index (χ3n) is 2.55. The molecule has 0 bridgehead atoms. The van der Waals surface area contributed by atoms with E-state index >= 15 is 0 Å². The van der Waals surface area contributed by atoms with E-state index in [0.717, 1.165) is 11.3 Å². The molecule has 1 heterocycles. The zero-order valence-electron chi connectivity index (χ0n) is 9.93. The summed E-state index contributed by atoms with van der Waals surface area (Å²) in [6, 6.07) is 9.54. The largest absolute Gasteiger partial charge is 0.457 e. The fraction of sp³-hybridized carbons (Fsp3) is 0.231. The van der Waals surface area contributed by atoms with Crippen molar-refractivity contribution in [3.05, 3.63) is 53.3 Å². The Hall–Kier alpha value is -2.14. The van der Waals surface area contributed by atoms with Crippen LogP contribution in [-0.4, -0.2) is 22.7 Å². The van der Waals surface area contributed by atoms with Crippen LogP contribution < -0.4 is 5.73 Å². The Bertz CT molecular complexity index is 508. The highest BCUT2D eigenvalue weighted by Crippen LogP contribution is 2.09. The zero-order valence-corrected chi connectivity index (χ0v) is 9.93. The van der Waals surface area contributed by atoms with Gasteiger partial charge in [-0.2, -0.15) is 5.10 Å². The molecule has 0 aliphatic carbocycles. The fourth-order valence-electron chi connectivity index (χ4n) is 1.62. The van der Waals surface area contributed by atoms with Gasteiger partial charge in [-0.05, 0) is 12.1 Å². The van der Waals surface area contributed by atoms with Crippen LogP contribution in [-0.2, 0) is 17.8 Å². The van der Waals surface area contributed by atoms with E-state index in [9.17, 15) is 4.79 Å². The van der Waals surface area contributed by atoms with E-state index in [-0.39, 0.29) is 12.6 Å². The highest BCUT2D eigenvalue weighted by Gasteiger charge is 2.14. The van der Waals surface area contributed by atoms with Crippen LogP contribution in [0.4, 0.5) is 0 Å². The van der Waals surface area contributed by atoms with Crippen molar-refractivity contribution in [2.75, 3.05) is 6.54 Å². The minimum absolute atomic E-state index is 0.257. The molecule has 94 valence electrons. The molecule has 5 nitrogen and oxygen atoms in total. The molecular weight excluding hydrogens is 230 g/mol. The summed E-state index contributed by atoms with van der Waals surface area (Å²) in [7, 11) is 0. The van der Waals surface area contributed by atoms with Gasteiger partial charge < -0.3 is 10.5 Å². The number of benzene rings is 1. The molecule has 18 heavy (non-hydrogen) atoms. The van der Waals surface area contributed by atoms with Gasteiger partial charge in [0.2, 0.25) is 0 Å². The van der Waals surface area contributed by atoms with Crippen LogP contribution in [0.2, 0.25) is 0 Å². The van der Waals surface area contributed by atoms with Crippen LogP contribution in [0.3, 0.4) is 0 Å². The molecule has 0 fully saturated rings. The maximum absolute atomic E-state index is 11.9. The monoisotopic (exact) mass is 245 g/mol. The molecule has 5 heteroatoms. The van der Waals surface area contributed by atoms with Gasteiger partial charge in [0.15, 0.2) is 0 Å². The Labute approximate surface area is 105 Å². The van der Waals surface area contributed by atoms with Crippen molar-refractivity contribution >= 4 is 5.97 Å². The summed E-state index contributed by atoms with van der Waals surface area (Å²) >= 11 is 0. The summed E-state index contributed by atoms with van der Waals surface area (Å²) < 4.78 is 5.22. The van der Waals surface area contributed by atoms with Crippen LogP contribution in [0.15, 0.2) is 36.5 Å². The van der Waals surface area contributed by atoms with Gasteiger partial charge in [0.25, 0.3) is 0 Å². The van der Waals surface area contributed by atoms with Crippen molar-refractivity contribution in [3.63, 3.8) is 0 Å². The SMILES string of the molecule is NCCc1[nH]ncc1C(=O)OCc1ccccc1. The van der Waals surface area contributed by atoms with Crippen LogP contribution in [0.5, 0.6) is 0 Å².